The molecule has 14 heavy (non-hydrogen) atoms. The van der Waals surface area contributed by atoms with Crippen molar-refractivity contribution in [1.82, 2.24) is 5.32 Å². The van der Waals surface area contributed by atoms with Crippen LogP contribution in [0.4, 0.5) is 0 Å². The minimum Gasteiger partial charge on any atom is -0.479 e. The predicted molar refractivity (Wildman–Crippen MR) is 53.2 cm³/mol. The van der Waals surface area contributed by atoms with Gasteiger partial charge in [0, 0.05) is 6.04 Å². The summed E-state index contributed by atoms with van der Waals surface area (Å²) in [4.78, 5) is 10.7. The Labute approximate surface area is 83.9 Å². The number of nitrogens with one attached hydrogen (secondary N) is 1. The van der Waals surface area contributed by atoms with E-state index in [0.717, 1.165) is 13.0 Å². The van der Waals surface area contributed by atoms with Crippen LogP contribution in [0.5, 0.6) is 0 Å². The van der Waals surface area contributed by atoms with Crippen LogP contribution < -0.4 is 5.32 Å². The SMILES string of the molecule is C=CC(C)NCCCC1(C(=O)O)CO1. The summed E-state index contributed by atoms with van der Waals surface area (Å²) in [6.45, 7) is 6.81. The van der Waals surface area contributed by atoms with Crippen LogP contribution in [0.1, 0.15) is 19.8 Å². The molecule has 2 N–H and O–H groups in total. The maximum Gasteiger partial charge on any atom is 0.338 e. The Bertz CT molecular complexity index is 223. The molecule has 0 saturated carbocycles. The van der Waals surface area contributed by atoms with Gasteiger partial charge in [0.2, 0.25) is 0 Å². The number of carboxylic acid groups (broad SMARTS) is 1. The van der Waals surface area contributed by atoms with E-state index < -0.39 is 11.6 Å². The van der Waals surface area contributed by atoms with Crippen molar-refractivity contribution in [3.05, 3.63) is 12.7 Å². The normalized spacial score (nSPS) is 26.9. The number of hydrogen-bond donors (Lipinski definition) is 2. The third-order valence-corrected chi connectivity index (χ3v) is 2.46. The maximum atomic E-state index is 10.7. The van der Waals surface area contributed by atoms with Gasteiger partial charge in [-0.25, -0.2) is 4.79 Å². The second-order valence-corrected chi connectivity index (χ2v) is 3.67. The van der Waals surface area contributed by atoms with Gasteiger partial charge in [0.25, 0.3) is 0 Å². The first kappa shape index (κ1) is 11.2. The molecule has 1 fully saturated rings. The van der Waals surface area contributed by atoms with E-state index in [0.29, 0.717) is 13.0 Å². The van der Waals surface area contributed by atoms with Crippen molar-refractivity contribution < 1.29 is 14.6 Å². The van der Waals surface area contributed by atoms with E-state index in [4.69, 9.17) is 9.84 Å². The summed E-state index contributed by atoms with van der Waals surface area (Å²) in [7, 11) is 0. The van der Waals surface area contributed by atoms with Gasteiger partial charge in [-0.3, -0.25) is 0 Å². The average Bonchev–Trinajstić information content (AvgIpc) is 2.93. The van der Waals surface area contributed by atoms with Gasteiger partial charge in [-0.15, -0.1) is 6.58 Å². The number of hydrogen-bond acceptors (Lipinski definition) is 3. The molecule has 1 aliphatic rings. The minimum absolute atomic E-state index is 0.274. The third kappa shape index (κ3) is 2.82. The fraction of sp³-hybridized carbons (Fsp3) is 0.700. The highest BCUT2D eigenvalue weighted by atomic mass is 16.6. The van der Waals surface area contributed by atoms with Gasteiger partial charge < -0.3 is 15.2 Å². The van der Waals surface area contributed by atoms with Crippen molar-refractivity contribution in [2.45, 2.75) is 31.4 Å². The molecular weight excluding hydrogens is 182 g/mol. The van der Waals surface area contributed by atoms with Crippen LogP contribution in [0.3, 0.4) is 0 Å². The number of carbonyl (C=O) groups is 1. The molecule has 1 heterocycles. The molecule has 0 aromatic heterocycles. The van der Waals surface area contributed by atoms with E-state index in [1.54, 1.807) is 0 Å². The van der Waals surface area contributed by atoms with Crippen LogP contribution in [0.25, 0.3) is 0 Å². The molecule has 0 aromatic rings. The van der Waals surface area contributed by atoms with Crippen molar-refractivity contribution in [3.63, 3.8) is 0 Å². The summed E-state index contributed by atoms with van der Waals surface area (Å²) in [5.41, 5.74) is -0.862. The Morgan fingerprint density at radius 1 is 1.86 bits per heavy atom. The smallest absolute Gasteiger partial charge is 0.338 e. The van der Waals surface area contributed by atoms with Crippen LogP contribution >= 0.6 is 0 Å². The lowest BCUT2D eigenvalue weighted by molar-refractivity contribution is -0.143. The molecule has 0 amide bonds. The summed E-state index contributed by atoms with van der Waals surface area (Å²) in [5.74, 6) is -0.839. The van der Waals surface area contributed by atoms with Crippen LogP contribution in [0.15, 0.2) is 12.7 Å². The standard InChI is InChI=1S/C10H17NO3/c1-3-8(2)11-6-4-5-10(7-14-10)9(12)13/h3,8,11H,1,4-7H2,2H3,(H,12,13). The molecule has 0 spiro atoms. The summed E-state index contributed by atoms with van der Waals surface area (Å²) < 4.78 is 4.94. The number of ether oxygens (including phenoxy) is 1. The Hall–Kier alpha value is -0.870. The molecule has 1 aliphatic heterocycles. The van der Waals surface area contributed by atoms with Gasteiger partial charge >= 0.3 is 5.97 Å². The molecule has 2 unspecified atom stereocenters. The van der Waals surface area contributed by atoms with Crippen LogP contribution in [-0.2, 0) is 9.53 Å². The van der Waals surface area contributed by atoms with Crippen molar-refractivity contribution in [2.75, 3.05) is 13.2 Å². The molecule has 80 valence electrons. The van der Waals surface area contributed by atoms with Crippen molar-refractivity contribution in [2.24, 2.45) is 0 Å². The predicted octanol–water partition coefficient (Wildman–Crippen LogP) is 0.784. The molecule has 0 aromatic carbocycles. The van der Waals surface area contributed by atoms with Crippen LogP contribution in [0, 0.1) is 0 Å². The highest BCUT2D eigenvalue weighted by molar-refractivity contribution is 5.80. The Kier molecular flexibility index (Phi) is 3.66. The molecular formula is C10H17NO3. The number of carboxylic acids is 1. The first-order valence-electron chi connectivity index (χ1n) is 4.84. The molecule has 1 rings (SSSR count). The zero-order chi connectivity index (χ0) is 10.6. The summed E-state index contributed by atoms with van der Waals surface area (Å²) in [5, 5.41) is 12.0. The van der Waals surface area contributed by atoms with E-state index >= 15 is 0 Å². The van der Waals surface area contributed by atoms with Crippen molar-refractivity contribution in [1.29, 1.82) is 0 Å². The zero-order valence-corrected chi connectivity index (χ0v) is 8.45. The lowest BCUT2D eigenvalue weighted by Crippen LogP contribution is -2.28. The van der Waals surface area contributed by atoms with E-state index in [1.165, 1.54) is 0 Å². The maximum absolute atomic E-state index is 10.7. The van der Waals surface area contributed by atoms with Gasteiger partial charge in [-0.05, 0) is 26.3 Å². The highest BCUT2D eigenvalue weighted by Gasteiger charge is 2.51. The lowest BCUT2D eigenvalue weighted by atomic mass is 10.1. The molecule has 4 heteroatoms. The van der Waals surface area contributed by atoms with Crippen molar-refractivity contribution >= 4 is 5.97 Å². The average molecular weight is 199 g/mol. The highest BCUT2D eigenvalue weighted by Crippen LogP contribution is 2.32. The minimum atomic E-state index is -0.862. The van der Waals surface area contributed by atoms with E-state index in [1.807, 2.05) is 13.0 Å². The Morgan fingerprint density at radius 3 is 2.93 bits per heavy atom. The quantitative estimate of drug-likeness (QED) is 0.361. The fourth-order valence-electron chi connectivity index (χ4n) is 1.25. The van der Waals surface area contributed by atoms with Gasteiger partial charge in [0.05, 0.1) is 6.61 Å². The number of aliphatic carboxylic acids is 1. The second-order valence-electron chi connectivity index (χ2n) is 3.67. The molecule has 0 aliphatic carbocycles. The number of rotatable bonds is 7. The first-order valence-corrected chi connectivity index (χ1v) is 4.84. The Balaban J connectivity index is 2.10. The molecule has 4 nitrogen and oxygen atoms in total. The first-order chi connectivity index (χ1) is 6.60. The van der Waals surface area contributed by atoms with Crippen LogP contribution in [0.2, 0.25) is 0 Å². The van der Waals surface area contributed by atoms with Crippen molar-refractivity contribution in [3.8, 4) is 0 Å². The monoisotopic (exact) mass is 199 g/mol. The summed E-state index contributed by atoms with van der Waals surface area (Å²) >= 11 is 0. The zero-order valence-electron chi connectivity index (χ0n) is 8.45. The van der Waals surface area contributed by atoms with E-state index in [-0.39, 0.29) is 6.04 Å². The fourth-order valence-corrected chi connectivity index (χ4v) is 1.25. The number of epoxide rings is 1. The largest absolute Gasteiger partial charge is 0.479 e. The van der Waals surface area contributed by atoms with Gasteiger partial charge in [0.1, 0.15) is 0 Å². The van der Waals surface area contributed by atoms with Gasteiger partial charge in [-0.2, -0.15) is 0 Å². The second kappa shape index (κ2) is 4.57. The van der Waals surface area contributed by atoms with E-state index in [9.17, 15) is 4.79 Å². The topological polar surface area (TPSA) is 61.9 Å². The third-order valence-electron chi connectivity index (χ3n) is 2.46. The Morgan fingerprint density at radius 2 is 2.50 bits per heavy atom. The van der Waals surface area contributed by atoms with Crippen LogP contribution in [-0.4, -0.2) is 35.9 Å². The van der Waals surface area contributed by atoms with Gasteiger partial charge in [0.15, 0.2) is 5.60 Å². The molecule has 0 bridgehead atoms. The summed E-state index contributed by atoms with van der Waals surface area (Å²) in [6.07, 6.45) is 3.21. The summed E-state index contributed by atoms with van der Waals surface area (Å²) in [6, 6.07) is 0.274. The molecule has 2 atom stereocenters. The van der Waals surface area contributed by atoms with Gasteiger partial charge in [-0.1, -0.05) is 6.08 Å². The lowest BCUT2D eigenvalue weighted by Gasteiger charge is -2.10. The van der Waals surface area contributed by atoms with E-state index in [2.05, 4.69) is 11.9 Å². The molecule has 0 radical (unpaired) electrons. The molecule has 1 saturated heterocycles.